The summed E-state index contributed by atoms with van der Waals surface area (Å²) in [6.45, 7) is 1.16. The molecule has 0 spiro atoms. The zero-order valence-electron chi connectivity index (χ0n) is 11.2. The van der Waals surface area contributed by atoms with Crippen molar-refractivity contribution in [1.29, 1.82) is 0 Å². The highest BCUT2D eigenvalue weighted by Gasteiger charge is 2.29. The van der Waals surface area contributed by atoms with E-state index in [2.05, 4.69) is 10.2 Å². The third-order valence-electron chi connectivity index (χ3n) is 3.67. The molecular formula is C14H14ClFN4O. The molecule has 110 valence electrons. The lowest BCUT2D eigenvalue weighted by atomic mass is 10.1. The highest BCUT2D eigenvalue weighted by atomic mass is 35.5. The highest BCUT2D eigenvalue weighted by molar-refractivity contribution is 6.31. The van der Waals surface area contributed by atoms with Crippen molar-refractivity contribution in [3.05, 3.63) is 47.0 Å². The molecule has 1 amide bonds. The first-order chi connectivity index (χ1) is 10.1. The maximum absolute atomic E-state index is 13.7. The third-order valence-corrected chi connectivity index (χ3v) is 4.02. The van der Waals surface area contributed by atoms with Crippen molar-refractivity contribution in [2.24, 2.45) is 0 Å². The molecule has 0 radical (unpaired) electrons. The van der Waals surface area contributed by atoms with E-state index in [4.69, 9.17) is 11.6 Å². The van der Waals surface area contributed by atoms with Gasteiger partial charge in [-0.1, -0.05) is 17.7 Å². The lowest BCUT2D eigenvalue weighted by Crippen LogP contribution is -2.31. The van der Waals surface area contributed by atoms with Crippen LogP contribution in [0.15, 0.2) is 30.6 Å². The van der Waals surface area contributed by atoms with E-state index >= 15 is 0 Å². The highest BCUT2D eigenvalue weighted by Crippen LogP contribution is 2.23. The molecule has 1 atom stereocenters. The monoisotopic (exact) mass is 308 g/mol. The number of hydrogen-bond acceptors (Lipinski definition) is 3. The fourth-order valence-electron chi connectivity index (χ4n) is 2.54. The van der Waals surface area contributed by atoms with Gasteiger partial charge in [0.15, 0.2) is 0 Å². The fourth-order valence-corrected chi connectivity index (χ4v) is 2.77. The number of nitrogens with zero attached hydrogens (tertiary/aromatic N) is 4. The Balaban J connectivity index is 1.67. The van der Waals surface area contributed by atoms with Crippen LogP contribution in [-0.4, -0.2) is 38.9 Å². The normalized spacial score (nSPS) is 18.2. The number of carbonyl (C=O) groups excluding carboxylic acids is 1. The number of halogens is 2. The lowest BCUT2D eigenvalue weighted by Gasteiger charge is -2.17. The predicted octanol–water partition coefficient (Wildman–Crippen LogP) is 2.09. The van der Waals surface area contributed by atoms with E-state index in [1.807, 2.05) is 0 Å². The van der Waals surface area contributed by atoms with Crippen molar-refractivity contribution < 1.29 is 9.18 Å². The zero-order valence-corrected chi connectivity index (χ0v) is 12.0. The van der Waals surface area contributed by atoms with Gasteiger partial charge in [0.05, 0.1) is 24.9 Å². The van der Waals surface area contributed by atoms with E-state index in [1.165, 1.54) is 12.1 Å². The number of aromatic nitrogens is 3. The summed E-state index contributed by atoms with van der Waals surface area (Å²) in [5.74, 6) is -0.572. The van der Waals surface area contributed by atoms with E-state index in [1.54, 1.807) is 28.2 Å². The molecule has 21 heavy (non-hydrogen) atoms. The predicted molar refractivity (Wildman–Crippen MR) is 75.4 cm³/mol. The maximum Gasteiger partial charge on any atom is 0.227 e. The molecule has 1 aliphatic rings. The maximum atomic E-state index is 13.7. The zero-order chi connectivity index (χ0) is 14.8. The first-order valence-electron chi connectivity index (χ1n) is 6.71. The number of likely N-dealkylation sites (tertiary alicyclic amines) is 1. The largest absolute Gasteiger partial charge is 0.340 e. The summed E-state index contributed by atoms with van der Waals surface area (Å²) in [7, 11) is 0. The molecule has 1 aliphatic heterocycles. The van der Waals surface area contributed by atoms with Crippen molar-refractivity contribution in [3.63, 3.8) is 0 Å². The van der Waals surface area contributed by atoms with Crippen molar-refractivity contribution in [3.8, 4) is 0 Å². The Morgan fingerprint density at radius 1 is 1.38 bits per heavy atom. The van der Waals surface area contributed by atoms with Gasteiger partial charge in [-0.05, 0) is 18.6 Å². The molecule has 0 N–H and O–H groups in total. The quantitative estimate of drug-likeness (QED) is 0.872. The SMILES string of the molecule is O=C(Cc1c(F)cccc1Cl)N1CCC(n2nccn2)C1. The molecule has 0 saturated carbocycles. The summed E-state index contributed by atoms with van der Waals surface area (Å²) in [5.41, 5.74) is 0.254. The average molecular weight is 309 g/mol. The summed E-state index contributed by atoms with van der Waals surface area (Å²) in [6, 6.07) is 4.52. The van der Waals surface area contributed by atoms with Gasteiger partial charge >= 0.3 is 0 Å². The Morgan fingerprint density at radius 2 is 2.14 bits per heavy atom. The Labute approximate surface area is 126 Å². The molecule has 0 aliphatic carbocycles. The van der Waals surface area contributed by atoms with Crippen LogP contribution in [0.4, 0.5) is 4.39 Å². The number of carbonyl (C=O) groups is 1. The van der Waals surface area contributed by atoms with E-state index in [0.29, 0.717) is 13.1 Å². The van der Waals surface area contributed by atoms with Crippen LogP contribution in [0.5, 0.6) is 0 Å². The minimum absolute atomic E-state index is 0.0231. The molecule has 7 heteroatoms. The van der Waals surface area contributed by atoms with Gasteiger partial charge in [-0.25, -0.2) is 4.39 Å². The van der Waals surface area contributed by atoms with Crippen LogP contribution in [0, 0.1) is 5.82 Å². The van der Waals surface area contributed by atoms with Crippen molar-refractivity contribution in [1.82, 2.24) is 19.9 Å². The summed E-state index contributed by atoms with van der Waals surface area (Å²) in [6.07, 6.45) is 4.00. The van der Waals surface area contributed by atoms with E-state index < -0.39 is 5.82 Å². The third kappa shape index (κ3) is 2.90. The van der Waals surface area contributed by atoms with E-state index in [9.17, 15) is 9.18 Å². The summed E-state index contributed by atoms with van der Waals surface area (Å²) in [5, 5.41) is 8.47. The molecule has 2 aromatic rings. The Morgan fingerprint density at radius 3 is 2.86 bits per heavy atom. The second-order valence-corrected chi connectivity index (χ2v) is 5.42. The van der Waals surface area contributed by atoms with Gasteiger partial charge in [0, 0.05) is 23.7 Å². The van der Waals surface area contributed by atoms with Gasteiger partial charge in [-0.3, -0.25) is 4.79 Å². The van der Waals surface area contributed by atoms with Crippen LogP contribution < -0.4 is 0 Å². The van der Waals surface area contributed by atoms with Crippen LogP contribution in [-0.2, 0) is 11.2 Å². The number of benzene rings is 1. The Kier molecular flexibility index (Phi) is 3.88. The van der Waals surface area contributed by atoms with E-state index in [-0.39, 0.29) is 29.0 Å². The van der Waals surface area contributed by atoms with E-state index in [0.717, 1.165) is 6.42 Å². The van der Waals surface area contributed by atoms with Gasteiger partial charge in [0.1, 0.15) is 5.82 Å². The molecule has 2 heterocycles. The van der Waals surface area contributed by atoms with Crippen molar-refractivity contribution in [2.75, 3.05) is 13.1 Å². The van der Waals surface area contributed by atoms with Crippen molar-refractivity contribution in [2.45, 2.75) is 18.9 Å². The molecule has 3 rings (SSSR count). The first kappa shape index (κ1) is 14.0. The second-order valence-electron chi connectivity index (χ2n) is 5.01. The lowest BCUT2D eigenvalue weighted by molar-refractivity contribution is -0.129. The second kappa shape index (κ2) is 5.81. The number of hydrogen-bond donors (Lipinski definition) is 0. The molecule has 1 fully saturated rings. The summed E-state index contributed by atoms with van der Waals surface area (Å²) < 4.78 is 13.7. The summed E-state index contributed by atoms with van der Waals surface area (Å²) in [4.78, 5) is 15.6. The van der Waals surface area contributed by atoms with Crippen LogP contribution in [0.1, 0.15) is 18.0 Å². The molecule has 1 aromatic carbocycles. The minimum Gasteiger partial charge on any atom is -0.340 e. The average Bonchev–Trinajstić information content (AvgIpc) is 3.12. The van der Waals surface area contributed by atoms with Gasteiger partial charge < -0.3 is 4.90 Å². The topological polar surface area (TPSA) is 51.0 Å². The number of rotatable bonds is 3. The minimum atomic E-state index is -0.444. The Bertz CT molecular complexity index is 626. The molecule has 5 nitrogen and oxygen atoms in total. The Hall–Kier alpha value is -1.95. The smallest absolute Gasteiger partial charge is 0.227 e. The van der Waals surface area contributed by atoms with Gasteiger partial charge in [0.25, 0.3) is 0 Å². The number of amides is 1. The van der Waals surface area contributed by atoms with Gasteiger partial charge in [-0.15, -0.1) is 0 Å². The molecule has 1 aromatic heterocycles. The van der Waals surface area contributed by atoms with Crippen LogP contribution >= 0.6 is 11.6 Å². The van der Waals surface area contributed by atoms with Crippen LogP contribution in [0.3, 0.4) is 0 Å². The standard InChI is InChI=1S/C14H14ClFN4O/c15-12-2-1-3-13(16)11(12)8-14(21)19-7-4-10(9-19)20-17-5-6-18-20/h1-3,5-6,10H,4,7-9H2. The molecule has 1 unspecified atom stereocenters. The van der Waals surface area contributed by atoms with Crippen LogP contribution in [0.25, 0.3) is 0 Å². The molecule has 1 saturated heterocycles. The molecule has 0 bridgehead atoms. The van der Waals surface area contributed by atoms with Crippen molar-refractivity contribution >= 4 is 17.5 Å². The van der Waals surface area contributed by atoms with Gasteiger partial charge in [0.2, 0.25) is 5.91 Å². The summed E-state index contributed by atoms with van der Waals surface area (Å²) >= 11 is 5.96. The van der Waals surface area contributed by atoms with Crippen LogP contribution in [0.2, 0.25) is 5.02 Å². The fraction of sp³-hybridized carbons (Fsp3) is 0.357. The first-order valence-corrected chi connectivity index (χ1v) is 7.09. The molecular weight excluding hydrogens is 295 g/mol. The van der Waals surface area contributed by atoms with Gasteiger partial charge in [-0.2, -0.15) is 15.0 Å².